The summed E-state index contributed by atoms with van der Waals surface area (Å²) in [5, 5.41) is 0. The lowest BCUT2D eigenvalue weighted by molar-refractivity contribution is -0.128. The molecule has 0 aromatic carbocycles. The molecule has 92 valence electrons. The molecule has 0 heterocycles. The maximum absolute atomic E-state index is 12.1. The smallest absolute Gasteiger partial charge is 0.139 e. The van der Waals surface area contributed by atoms with Crippen LogP contribution in [-0.4, -0.2) is 16.3 Å². The number of carbonyl (C=O) groups is 1. The summed E-state index contributed by atoms with van der Waals surface area (Å²) in [6.45, 7) is 11.4. The van der Waals surface area contributed by atoms with Gasteiger partial charge in [0, 0.05) is 22.3 Å². The normalized spacial score (nSPS) is 43.1. The molecule has 0 spiro atoms. The number of fused-ring (bicyclic) bond motifs is 2. The number of carbonyl (C=O) groups excluding carboxylic acids is 1. The molecular formula is C14H24OS. The third-order valence-corrected chi connectivity index (χ3v) is 6.62. The average molecular weight is 240 g/mol. The van der Waals surface area contributed by atoms with E-state index in [0.717, 1.165) is 18.6 Å². The fourth-order valence-corrected chi connectivity index (χ4v) is 4.68. The Labute approximate surface area is 104 Å². The average Bonchev–Trinajstić information content (AvgIpc) is 2.49. The largest absolute Gasteiger partial charge is 0.299 e. The lowest BCUT2D eigenvalue weighted by atomic mass is 9.70. The van der Waals surface area contributed by atoms with E-state index in [1.807, 2.05) is 11.8 Å². The van der Waals surface area contributed by atoms with Crippen LogP contribution < -0.4 is 0 Å². The van der Waals surface area contributed by atoms with Crippen LogP contribution in [0.3, 0.4) is 0 Å². The summed E-state index contributed by atoms with van der Waals surface area (Å²) in [5.74, 6) is 2.32. The Morgan fingerprint density at radius 3 is 2.38 bits per heavy atom. The van der Waals surface area contributed by atoms with E-state index in [0.29, 0.717) is 16.4 Å². The van der Waals surface area contributed by atoms with Gasteiger partial charge < -0.3 is 0 Å². The molecule has 0 aromatic rings. The van der Waals surface area contributed by atoms with Gasteiger partial charge >= 0.3 is 0 Å². The number of ketones is 1. The van der Waals surface area contributed by atoms with Crippen LogP contribution in [0.2, 0.25) is 0 Å². The van der Waals surface area contributed by atoms with Gasteiger partial charge in [0.15, 0.2) is 0 Å². The standard InChI is InChI=1S/C14H24OS/c1-12(2,3)16-9-14(5)10-6-7-13(14,4)11(15)8-10/h10H,6-9H2,1-5H3. The van der Waals surface area contributed by atoms with Crippen molar-refractivity contribution in [3.05, 3.63) is 0 Å². The van der Waals surface area contributed by atoms with Gasteiger partial charge in [-0.3, -0.25) is 4.79 Å². The minimum absolute atomic E-state index is 0.0179. The van der Waals surface area contributed by atoms with Gasteiger partial charge in [-0.2, -0.15) is 11.8 Å². The van der Waals surface area contributed by atoms with E-state index < -0.39 is 0 Å². The fourth-order valence-electron chi connectivity index (χ4n) is 3.40. The van der Waals surface area contributed by atoms with Gasteiger partial charge in [-0.1, -0.05) is 34.6 Å². The molecule has 2 saturated carbocycles. The number of rotatable bonds is 2. The lowest BCUT2D eigenvalue weighted by Crippen LogP contribution is -2.37. The molecule has 1 nitrogen and oxygen atoms in total. The Morgan fingerprint density at radius 2 is 2.00 bits per heavy atom. The first-order valence-electron chi connectivity index (χ1n) is 6.36. The lowest BCUT2D eigenvalue weighted by Gasteiger charge is -2.38. The first kappa shape index (κ1) is 12.5. The van der Waals surface area contributed by atoms with Crippen molar-refractivity contribution in [3.63, 3.8) is 0 Å². The van der Waals surface area contributed by atoms with Crippen molar-refractivity contribution in [1.82, 2.24) is 0 Å². The van der Waals surface area contributed by atoms with Crippen LogP contribution in [0.4, 0.5) is 0 Å². The second-order valence-corrected chi connectivity index (χ2v) is 8.82. The van der Waals surface area contributed by atoms with Gasteiger partial charge in [0.05, 0.1) is 0 Å². The van der Waals surface area contributed by atoms with Gasteiger partial charge in [-0.25, -0.2) is 0 Å². The van der Waals surface area contributed by atoms with E-state index in [4.69, 9.17) is 0 Å². The molecule has 2 heteroatoms. The zero-order valence-electron chi connectivity index (χ0n) is 11.2. The van der Waals surface area contributed by atoms with Crippen molar-refractivity contribution in [3.8, 4) is 0 Å². The fraction of sp³-hybridized carbons (Fsp3) is 0.929. The second-order valence-electron chi connectivity index (χ2n) is 7.01. The minimum Gasteiger partial charge on any atom is -0.299 e. The van der Waals surface area contributed by atoms with E-state index in [9.17, 15) is 4.79 Å². The van der Waals surface area contributed by atoms with Crippen LogP contribution in [0, 0.1) is 16.7 Å². The summed E-state index contributed by atoms with van der Waals surface area (Å²) in [4.78, 5) is 12.1. The molecule has 16 heavy (non-hydrogen) atoms. The van der Waals surface area contributed by atoms with Crippen molar-refractivity contribution < 1.29 is 4.79 Å². The van der Waals surface area contributed by atoms with E-state index in [-0.39, 0.29) is 10.8 Å². The van der Waals surface area contributed by atoms with Crippen molar-refractivity contribution in [2.45, 2.75) is 58.6 Å². The molecular weight excluding hydrogens is 216 g/mol. The molecule has 0 saturated heterocycles. The SMILES string of the molecule is CC(C)(C)SCC1(C)C2CCC1(C)C(=O)C2. The molecule has 0 N–H and O–H groups in total. The molecule has 3 unspecified atom stereocenters. The van der Waals surface area contributed by atoms with Crippen LogP contribution in [-0.2, 0) is 4.79 Å². The highest BCUT2D eigenvalue weighted by Gasteiger charge is 2.63. The highest BCUT2D eigenvalue weighted by Crippen LogP contribution is 2.65. The first-order valence-corrected chi connectivity index (χ1v) is 7.35. The summed E-state index contributed by atoms with van der Waals surface area (Å²) in [6, 6.07) is 0. The summed E-state index contributed by atoms with van der Waals surface area (Å²) in [7, 11) is 0. The van der Waals surface area contributed by atoms with Gasteiger partial charge in [0.25, 0.3) is 0 Å². The number of hydrogen-bond donors (Lipinski definition) is 0. The van der Waals surface area contributed by atoms with Crippen molar-refractivity contribution >= 4 is 17.5 Å². The molecule has 2 aliphatic rings. The molecule has 0 aliphatic heterocycles. The second kappa shape index (κ2) is 3.51. The van der Waals surface area contributed by atoms with Gasteiger partial charge in [0.1, 0.15) is 5.78 Å². The van der Waals surface area contributed by atoms with E-state index >= 15 is 0 Å². The number of Topliss-reactive ketones (excluding diaryl/α,β-unsaturated/α-hetero) is 1. The minimum atomic E-state index is -0.0179. The Balaban J connectivity index is 2.17. The van der Waals surface area contributed by atoms with Gasteiger partial charge in [-0.15, -0.1) is 0 Å². The summed E-state index contributed by atoms with van der Waals surface area (Å²) >= 11 is 2.03. The molecule has 2 fully saturated rings. The summed E-state index contributed by atoms with van der Waals surface area (Å²) in [5.41, 5.74) is 0.234. The third-order valence-electron chi connectivity index (χ3n) is 5.01. The summed E-state index contributed by atoms with van der Waals surface area (Å²) in [6.07, 6.45) is 3.23. The summed E-state index contributed by atoms with van der Waals surface area (Å²) < 4.78 is 0.310. The van der Waals surface area contributed by atoms with Gasteiger partial charge in [0.2, 0.25) is 0 Å². The molecule has 0 amide bonds. The van der Waals surface area contributed by atoms with Gasteiger partial charge in [-0.05, 0) is 24.2 Å². The monoisotopic (exact) mass is 240 g/mol. The van der Waals surface area contributed by atoms with Crippen molar-refractivity contribution in [2.75, 3.05) is 5.75 Å². The van der Waals surface area contributed by atoms with E-state index in [1.165, 1.54) is 6.42 Å². The van der Waals surface area contributed by atoms with Crippen LogP contribution in [0.15, 0.2) is 0 Å². The van der Waals surface area contributed by atoms with Crippen molar-refractivity contribution in [2.24, 2.45) is 16.7 Å². The highest BCUT2D eigenvalue weighted by molar-refractivity contribution is 8.00. The Hall–Kier alpha value is 0.0200. The zero-order valence-corrected chi connectivity index (χ0v) is 12.0. The predicted octanol–water partition coefficient (Wildman–Crippen LogP) is 3.91. The quantitative estimate of drug-likeness (QED) is 0.728. The van der Waals surface area contributed by atoms with Crippen LogP contribution in [0.25, 0.3) is 0 Å². The number of thioether (sulfide) groups is 1. The topological polar surface area (TPSA) is 17.1 Å². The zero-order chi connectivity index (χ0) is 12.2. The third kappa shape index (κ3) is 1.64. The van der Waals surface area contributed by atoms with Crippen LogP contribution in [0.5, 0.6) is 0 Å². The maximum Gasteiger partial charge on any atom is 0.139 e. The Kier molecular flexibility index (Phi) is 2.73. The molecule has 0 aromatic heterocycles. The molecule has 3 atom stereocenters. The molecule has 0 radical (unpaired) electrons. The Bertz CT molecular complexity index is 317. The maximum atomic E-state index is 12.1. The highest BCUT2D eigenvalue weighted by atomic mass is 32.2. The van der Waals surface area contributed by atoms with Crippen LogP contribution in [0.1, 0.15) is 53.9 Å². The van der Waals surface area contributed by atoms with E-state index in [2.05, 4.69) is 34.6 Å². The molecule has 2 bridgehead atoms. The Morgan fingerprint density at radius 1 is 1.38 bits per heavy atom. The predicted molar refractivity (Wildman–Crippen MR) is 70.8 cm³/mol. The van der Waals surface area contributed by atoms with Crippen molar-refractivity contribution in [1.29, 1.82) is 0 Å². The first-order chi connectivity index (χ1) is 7.19. The molecule has 2 aliphatic carbocycles. The van der Waals surface area contributed by atoms with Crippen LogP contribution >= 0.6 is 11.8 Å². The number of hydrogen-bond acceptors (Lipinski definition) is 2. The molecule has 2 rings (SSSR count). The van der Waals surface area contributed by atoms with E-state index in [1.54, 1.807) is 0 Å².